The summed E-state index contributed by atoms with van der Waals surface area (Å²) in [6.45, 7) is 0. The van der Waals surface area contributed by atoms with Crippen molar-refractivity contribution in [1.82, 2.24) is 35.1 Å². The van der Waals surface area contributed by atoms with Crippen LogP contribution in [0.3, 0.4) is 0 Å². The molecule has 0 aliphatic heterocycles. The maximum absolute atomic E-state index is 5.30. The van der Waals surface area contributed by atoms with Crippen LogP contribution in [0, 0.1) is 0 Å². The molecule has 0 unspecified atom stereocenters. The first-order valence-electron chi connectivity index (χ1n) is 10.0. The Bertz CT molecular complexity index is 1570. The fourth-order valence-corrected chi connectivity index (χ4v) is 3.82. The van der Waals surface area contributed by atoms with Gasteiger partial charge in [0, 0.05) is 35.1 Å². The van der Waals surface area contributed by atoms with Gasteiger partial charge in [-0.15, -0.1) is 0 Å². The van der Waals surface area contributed by atoms with Crippen molar-refractivity contribution in [3.63, 3.8) is 0 Å². The van der Waals surface area contributed by atoms with Crippen molar-refractivity contribution >= 4 is 22.1 Å². The first kappa shape index (κ1) is 18.2. The fraction of sp³-hybridized carbons (Fsp3) is 0.0417. The molecule has 0 amide bonds. The normalized spacial score (nSPS) is 11.3. The van der Waals surface area contributed by atoms with Crippen molar-refractivity contribution in [1.29, 1.82) is 0 Å². The van der Waals surface area contributed by atoms with Crippen molar-refractivity contribution in [2.24, 2.45) is 0 Å². The maximum Gasteiger partial charge on any atom is 0.138 e. The van der Waals surface area contributed by atoms with Gasteiger partial charge in [-0.25, -0.2) is 9.97 Å². The summed E-state index contributed by atoms with van der Waals surface area (Å²) in [4.78, 5) is 21.5. The summed E-state index contributed by atoms with van der Waals surface area (Å²) >= 11 is 0. The van der Waals surface area contributed by atoms with E-state index in [-0.39, 0.29) is 0 Å². The van der Waals surface area contributed by atoms with Crippen molar-refractivity contribution in [3.8, 4) is 39.7 Å². The Morgan fingerprint density at radius 1 is 0.906 bits per heavy atom. The number of ether oxygens (including phenoxy) is 1. The number of aromatic amines is 2. The molecule has 0 atom stereocenters. The second-order valence-corrected chi connectivity index (χ2v) is 7.30. The molecule has 0 spiro atoms. The number of hydrogen-bond acceptors (Lipinski definition) is 6. The predicted octanol–water partition coefficient (Wildman–Crippen LogP) is 4.63. The minimum atomic E-state index is 0.681. The van der Waals surface area contributed by atoms with Gasteiger partial charge in [-0.1, -0.05) is 6.07 Å². The van der Waals surface area contributed by atoms with Crippen molar-refractivity contribution < 1.29 is 4.74 Å². The molecule has 6 aromatic rings. The number of hydrogen-bond donors (Lipinski definition) is 2. The molecule has 154 valence electrons. The number of pyridine rings is 4. The van der Waals surface area contributed by atoms with Gasteiger partial charge in [0.15, 0.2) is 0 Å². The Morgan fingerprint density at radius 2 is 1.88 bits per heavy atom. The van der Waals surface area contributed by atoms with E-state index >= 15 is 0 Å². The van der Waals surface area contributed by atoms with Crippen LogP contribution in [-0.4, -0.2) is 42.2 Å². The molecule has 2 N–H and O–H groups in total. The van der Waals surface area contributed by atoms with E-state index in [2.05, 4.69) is 30.1 Å². The Morgan fingerprint density at radius 3 is 2.75 bits per heavy atom. The van der Waals surface area contributed by atoms with E-state index in [9.17, 15) is 0 Å². The number of H-pyrrole nitrogens is 2. The summed E-state index contributed by atoms with van der Waals surface area (Å²) in [5.41, 5.74) is 7.49. The lowest BCUT2D eigenvalue weighted by Gasteiger charge is -2.04. The summed E-state index contributed by atoms with van der Waals surface area (Å²) in [5.74, 6) is 0.681. The monoisotopic (exact) mass is 419 g/mol. The van der Waals surface area contributed by atoms with Crippen molar-refractivity contribution in [2.45, 2.75) is 0 Å². The molecule has 8 heteroatoms. The number of rotatable bonds is 4. The quantitative estimate of drug-likeness (QED) is 0.431. The smallest absolute Gasteiger partial charge is 0.138 e. The number of methoxy groups -OCH3 is 1. The number of fused-ring (bicyclic) bond motifs is 2. The molecule has 0 saturated heterocycles. The molecule has 6 aromatic heterocycles. The van der Waals surface area contributed by atoms with Gasteiger partial charge < -0.3 is 9.72 Å². The molecule has 8 nitrogen and oxygen atoms in total. The fourth-order valence-electron chi connectivity index (χ4n) is 3.82. The molecule has 6 heterocycles. The van der Waals surface area contributed by atoms with Gasteiger partial charge in [0.1, 0.15) is 22.6 Å². The molecule has 0 aliphatic rings. The molecule has 0 fully saturated rings. The number of nitrogens with one attached hydrogen (secondary N) is 2. The molecule has 32 heavy (non-hydrogen) atoms. The van der Waals surface area contributed by atoms with Gasteiger partial charge >= 0.3 is 0 Å². The molecular formula is C24H17N7O. The average molecular weight is 419 g/mol. The molecule has 6 rings (SSSR count). The lowest BCUT2D eigenvalue weighted by Crippen LogP contribution is -1.89. The highest BCUT2D eigenvalue weighted by atomic mass is 16.5. The van der Waals surface area contributed by atoms with Crippen LogP contribution in [-0.2, 0) is 0 Å². The van der Waals surface area contributed by atoms with Gasteiger partial charge in [0.25, 0.3) is 0 Å². The van der Waals surface area contributed by atoms with Gasteiger partial charge in [-0.2, -0.15) is 5.10 Å². The maximum atomic E-state index is 5.30. The van der Waals surface area contributed by atoms with Crippen molar-refractivity contribution in [3.05, 3.63) is 73.3 Å². The van der Waals surface area contributed by atoms with Crippen LogP contribution in [0.25, 0.3) is 56.0 Å². The van der Waals surface area contributed by atoms with Gasteiger partial charge in [0.05, 0.1) is 35.9 Å². The van der Waals surface area contributed by atoms with Gasteiger partial charge in [-0.3, -0.25) is 15.1 Å². The van der Waals surface area contributed by atoms with Gasteiger partial charge in [0.2, 0.25) is 0 Å². The third-order valence-electron chi connectivity index (χ3n) is 5.38. The molecule has 0 saturated carbocycles. The summed E-state index contributed by atoms with van der Waals surface area (Å²) in [6, 6.07) is 15.7. The third kappa shape index (κ3) is 2.97. The highest BCUT2D eigenvalue weighted by Gasteiger charge is 2.16. The lowest BCUT2D eigenvalue weighted by atomic mass is 10.1. The minimum Gasteiger partial charge on any atom is -0.495 e. The highest BCUT2D eigenvalue weighted by molar-refractivity contribution is 5.98. The Labute approximate surface area is 182 Å². The van der Waals surface area contributed by atoms with E-state index < -0.39 is 0 Å². The van der Waals surface area contributed by atoms with Crippen LogP contribution in [0.5, 0.6) is 5.75 Å². The summed E-state index contributed by atoms with van der Waals surface area (Å²) in [6.07, 6.45) is 7.00. The Kier molecular flexibility index (Phi) is 4.14. The first-order chi connectivity index (χ1) is 15.8. The molecule has 0 aromatic carbocycles. The predicted molar refractivity (Wildman–Crippen MR) is 122 cm³/mol. The summed E-state index contributed by atoms with van der Waals surface area (Å²) < 4.78 is 5.30. The standard InChI is InChI=1S/C24H17N7O/c1-32-15-10-14(12-25-13-15)18-5-6-20-22(28-18)23(31-30-20)21-11-17-16(7-9-27-24(17)29-21)19-4-2-3-8-26-19/h2-13H,1H3,(H,27,29)(H,30,31). The SMILES string of the molecule is COc1cncc(-c2ccc3[nH]nc(-c4cc5c(-c6ccccn6)ccnc5[nH]4)c3n2)c1. The molecular weight excluding hydrogens is 402 g/mol. The van der Waals surface area contributed by atoms with E-state index in [0.29, 0.717) is 5.75 Å². The highest BCUT2D eigenvalue weighted by Crippen LogP contribution is 2.33. The Hall–Kier alpha value is -4.59. The van der Waals surface area contributed by atoms with Gasteiger partial charge in [-0.05, 0) is 42.5 Å². The van der Waals surface area contributed by atoms with E-state index in [1.54, 1.807) is 31.9 Å². The van der Waals surface area contributed by atoms with E-state index in [4.69, 9.17) is 9.72 Å². The van der Waals surface area contributed by atoms with Crippen LogP contribution in [0.2, 0.25) is 0 Å². The molecule has 0 bridgehead atoms. The number of nitrogens with zero attached hydrogens (tertiary/aromatic N) is 5. The van der Waals surface area contributed by atoms with Crippen LogP contribution in [0.1, 0.15) is 0 Å². The van der Waals surface area contributed by atoms with Crippen LogP contribution in [0.4, 0.5) is 0 Å². The minimum absolute atomic E-state index is 0.681. The third-order valence-corrected chi connectivity index (χ3v) is 5.38. The van der Waals surface area contributed by atoms with Crippen LogP contribution in [0.15, 0.2) is 73.3 Å². The lowest BCUT2D eigenvalue weighted by molar-refractivity contribution is 0.413. The zero-order valence-corrected chi connectivity index (χ0v) is 17.1. The zero-order valence-electron chi connectivity index (χ0n) is 17.1. The molecule has 0 radical (unpaired) electrons. The summed E-state index contributed by atoms with van der Waals surface area (Å²) in [7, 11) is 1.62. The number of aromatic nitrogens is 7. The molecule has 0 aliphatic carbocycles. The van der Waals surface area contributed by atoms with E-state index in [1.165, 1.54) is 0 Å². The van der Waals surface area contributed by atoms with E-state index in [0.717, 1.165) is 56.0 Å². The Balaban J connectivity index is 1.50. The first-order valence-corrected chi connectivity index (χ1v) is 10.0. The topological polar surface area (TPSA) is 105 Å². The van der Waals surface area contributed by atoms with E-state index in [1.807, 2.05) is 48.5 Å². The second-order valence-electron chi connectivity index (χ2n) is 7.30. The van der Waals surface area contributed by atoms with Crippen LogP contribution >= 0.6 is 0 Å². The zero-order chi connectivity index (χ0) is 21.5. The summed E-state index contributed by atoms with van der Waals surface area (Å²) in [5, 5.41) is 8.58. The second kappa shape index (κ2) is 7.28. The average Bonchev–Trinajstić information content (AvgIpc) is 3.48. The van der Waals surface area contributed by atoms with Crippen LogP contribution < -0.4 is 4.74 Å². The largest absolute Gasteiger partial charge is 0.495 e. The van der Waals surface area contributed by atoms with Crippen molar-refractivity contribution in [2.75, 3.05) is 7.11 Å².